The first-order chi connectivity index (χ1) is 13.2. The molecule has 6 heteroatoms. The summed E-state index contributed by atoms with van der Waals surface area (Å²) in [6.45, 7) is 2.70. The van der Waals surface area contributed by atoms with Crippen LogP contribution in [0.3, 0.4) is 0 Å². The maximum absolute atomic E-state index is 12.6. The van der Waals surface area contributed by atoms with Gasteiger partial charge in [-0.05, 0) is 43.1 Å². The topological polar surface area (TPSA) is 63.1 Å². The summed E-state index contributed by atoms with van der Waals surface area (Å²) in [6, 6.07) is 16.4. The minimum atomic E-state index is -0.0386. The molecule has 3 aromatic rings. The summed E-state index contributed by atoms with van der Waals surface area (Å²) < 4.78 is 1.69. The molecule has 1 atom stereocenters. The van der Waals surface area contributed by atoms with Gasteiger partial charge in [-0.15, -0.1) is 5.10 Å². The summed E-state index contributed by atoms with van der Waals surface area (Å²) in [5, 5.41) is 11.2. The van der Waals surface area contributed by atoms with Gasteiger partial charge in [-0.2, -0.15) is 0 Å². The Labute approximate surface area is 159 Å². The van der Waals surface area contributed by atoms with E-state index < -0.39 is 0 Å². The van der Waals surface area contributed by atoms with Crippen LogP contribution in [0.15, 0.2) is 48.5 Å². The predicted molar refractivity (Wildman–Crippen MR) is 105 cm³/mol. The molecule has 1 fully saturated rings. The van der Waals surface area contributed by atoms with Crippen LogP contribution in [-0.4, -0.2) is 44.9 Å². The standard InChI is InChI=1S/C21H25N5O/c1-25-20-13-17(10-11-19(20)23-24-25)21(27)22-14-18-9-5-6-12-26(18)15-16-7-3-2-4-8-16/h2-4,7-8,10-11,13,18H,5-6,9,12,14-15H2,1H3,(H,22,27). The van der Waals surface area contributed by atoms with Crippen molar-refractivity contribution in [1.29, 1.82) is 0 Å². The van der Waals surface area contributed by atoms with Crippen LogP contribution in [0.1, 0.15) is 35.2 Å². The van der Waals surface area contributed by atoms with E-state index in [1.54, 1.807) is 4.68 Å². The van der Waals surface area contributed by atoms with Gasteiger partial charge >= 0.3 is 0 Å². The van der Waals surface area contributed by atoms with Crippen molar-refractivity contribution in [1.82, 2.24) is 25.2 Å². The summed E-state index contributed by atoms with van der Waals surface area (Å²) >= 11 is 0. The highest BCUT2D eigenvalue weighted by Crippen LogP contribution is 2.19. The molecule has 1 amide bonds. The van der Waals surface area contributed by atoms with Crippen molar-refractivity contribution in [3.05, 3.63) is 59.7 Å². The maximum atomic E-state index is 12.6. The number of fused-ring (bicyclic) bond motifs is 1. The number of carbonyl (C=O) groups excluding carboxylic acids is 1. The number of nitrogens with zero attached hydrogens (tertiary/aromatic N) is 4. The van der Waals surface area contributed by atoms with Gasteiger partial charge in [0, 0.05) is 31.7 Å². The van der Waals surface area contributed by atoms with Crippen LogP contribution in [0.2, 0.25) is 0 Å². The first-order valence-corrected chi connectivity index (χ1v) is 9.56. The fraction of sp³-hybridized carbons (Fsp3) is 0.381. The molecule has 0 saturated carbocycles. The smallest absolute Gasteiger partial charge is 0.251 e. The molecule has 1 aromatic heterocycles. The molecule has 0 aliphatic carbocycles. The molecule has 2 heterocycles. The summed E-state index contributed by atoms with van der Waals surface area (Å²) in [5.74, 6) is -0.0386. The van der Waals surface area contributed by atoms with Gasteiger partial charge in [-0.1, -0.05) is 42.0 Å². The van der Waals surface area contributed by atoms with Crippen LogP contribution < -0.4 is 5.32 Å². The third-order valence-corrected chi connectivity index (χ3v) is 5.35. The van der Waals surface area contributed by atoms with E-state index in [1.807, 2.05) is 31.3 Å². The van der Waals surface area contributed by atoms with E-state index in [9.17, 15) is 4.79 Å². The zero-order chi connectivity index (χ0) is 18.6. The Morgan fingerprint density at radius 1 is 1.19 bits per heavy atom. The SMILES string of the molecule is Cn1nnc2ccc(C(=O)NCC3CCCCN3Cc3ccccc3)cc21. The van der Waals surface area contributed by atoms with Gasteiger partial charge in [0.05, 0.1) is 5.52 Å². The van der Waals surface area contributed by atoms with Crippen LogP contribution >= 0.6 is 0 Å². The van der Waals surface area contributed by atoms with Crippen LogP contribution in [0.25, 0.3) is 11.0 Å². The molecular formula is C21H25N5O. The Balaban J connectivity index is 1.40. The molecule has 140 valence electrons. The second kappa shape index (κ2) is 7.88. The Morgan fingerprint density at radius 2 is 2.04 bits per heavy atom. The van der Waals surface area contributed by atoms with Crippen LogP contribution in [0.5, 0.6) is 0 Å². The van der Waals surface area contributed by atoms with Crippen molar-refractivity contribution < 1.29 is 4.79 Å². The lowest BCUT2D eigenvalue weighted by molar-refractivity contribution is 0.0907. The summed E-state index contributed by atoms with van der Waals surface area (Å²) in [7, 11) is 1.83. The number of piperidine rings is 1. The fourth-order valence-corrected chi connectivity index (χ4v) is 3.80. The van der Waals surface area contributed by atoms with Gasteiger partial charge in [-0.3, -0.25) is 9.69 Å². The lowest BCUT2D eigenvalue weighted by Gasteiger charge is -2.35. The normalized spacial score (nSPS) is 17.9. The molecule has 1 N–H and O–H groups in total. The zero-order valence-corrected chi connectivity index (χ0v) is 15.6. The minimum Gasteiger partial charge on any atom is -0.350 e. The van der Waals surface area contributed by atoms with Crippen molar-refractivity contribution in [3.63, 3.8) is 0 Å². The Kier molecular flexibility index (Phi) is 5.16. The highest BCUT2D eigenvalue weighted by molar-refractivity contribution is 5.97. The lowest BCUT2D eigenvalue weighted by atomic mass is 10.0. The predicted octanol–water partition coefficient (Wildman–Crippen LogP) is 2.75. The van der Waals surface area contributed by atoms with Crippen molar-refractivity contribution in [3.8, 4) is 0 Å². The van der Waals surface area contributed by atoms with E-state index >= 15 is 0 Å². The molecule has 4 rings (SSSR count). The average Bonchev–Trinajstić information content (AvgIpc) is 3.08. The minimum absolute atomic E-state index is 0.0386. The number of likely N-dealkylation sites (tertiary alicyclic amines) is 1. The Hall–Kier alpha value is -2.73. The summed E-state index contributed by atoms with van der Waals surface area (Å²) in [4.78, 5) is 15.1. The van der Waals surface area contributed by atoms with E-state index in [1.165, 1.54) is 18.4 Å². The van der Waals surface area contributed by atoms with Crippen molar-refractivity contribution >= 4 is 16.9 Å². The molecule has 1 unspecified atom stereocenters. The van der Waals surface area contributed by atoms with E-state index in [4.69, 9.17) is 0 Å². The third-order valence-electron chi connectivity index (χ3n) is 5.35. The molecule has 2 aromatic carbocycles. The number of aromatic nitrogens is 3. The monoisotopic (exact) mass is 363 g/mol. The lowest BCUT2D eigenvalue weighted by Crippen LogP contribution is -2.46. The van der Waals surface area contributed by atoms with E-state index in [0.717, 1.165) is 30.5 Å². The molecule has 0 spiro atoms. The maximum Gasteiger partial charge on any atom is 0.251 e. The van der Waals surface area contributed by atoms with Crippen molar-refractivity contribution in [2.24, 2.45) is 7.05 Å². The third kappa shape index (κ3) is 4.01. The molecule has 1 aliphatic heterocycles. The summed E-state index contributed by atoms with van der Waals surface area (Å²) in [5.41, 5.74) is 3.64. The van der Waals surface area contributed by atoms with E-state index in [2.05, 4.69) is 44.8 Å². The molecule has 0 bridgehead atoms. The first kappa shape index (κ1) is 17.7. The summed E-state index contributed by atoms with van der Waals surface area (Å²) in [6.07, 6.45) is 3.57. The second-order valence-corrected chi connectivity index (χ2v) is 7.23. The number of benzene rings is 2. The highest BCUT2D eigenvalue weighted by atomic mass is 16.1. The zero-order valence-electron chi connectivity index (χ0n) is 15.6. The number of nitrogens with one attached hydrogen (secondary N) is 1. The Bertz CT molecular complexity index is 921. The van der Waals surface area contributed by atoms with Crippen molar-refractivity contribution in [2.75, 3.05) is 13.1 Å². The van der Waals surface area contributed by atoms with Gasteiger partial charge < -0.3 is 5.32 Å². The van der Waals surface area contributed by atoms with Gasteiger partial charge in [0.2, 0.25) is 0 Å². The van der Waals surface area contributed by atoms with Crippen LogP contribution in [0, 0.1) is 0 Å². The van der Waals surface area contributed by atoms with Crippen LogP contribution in [-0.2, 0) is 13.6 Å². The number of hydrogen-bond acceptors (Lipinski definition) is 4. The molecular weight excluding hydrogens is 338 g/mol. The molecule has 1 aliphatic rings. The number of carbonyl (C=O) groups is 1. The molecule has 0 radical (unpaired) electrons. The fourth-order valence-electron chi connectivity index (χ4n) is 3.80. The first-order valence-electron chi connectivity index (χ1n) is 9.56. The van der Waals surface area contributed by atoms with Gasteiger partial charge in [0.1, 0.15) is 5.52 Å². The van der Waals surface area contributed by atoms with E-state index in [0.29, 0.717) is 18.2 Å². The number of hydrogen-bond donors (Lipinski definition) is 1. The molecule has 27 heavy (non-hydrogen) atoms. The molecule has 6 nitrogen and oxygen atoms in total. The van der Waals surface area contributed by atoms with Crippen molar-refractivity contribution in [2.45, 2.75) is 31.8 Å². The number of rotatable bonds is 5. The largest absolute Gasteiger partial charge is 0.350 e. The second-order valence-electron chi connectivity index (χ2n) is 7.23. The van der Waals surface area contributed by atoms with E-state index in [-0.39, 0.29) is 5.91 Å². The van der Waals surface area contributed by atoms with Gasteiger partial charge in [0.15, 0.2) is 0 Å². The average molecular weight is 363 g/mol. The van der Waals surface area contributed by atoms with Gasteiger partial charge in [0.25, 0.3) is 5.91 Å². The number of amides is 1. The highest BCUT2D eigenvalue weighted by Gasteiger charge is 2.23. The van der Waals surface area contributed by atoms with Crippen LogP contribution in [0.4, 0.5) is 0 Å². The van der Waals surface area contributed by atoms with Gasteiger partial charge in [-0.25, -0.2) is 4.68 Å². The quantitative estimate of drug-likeness (QED) is 0.757. The number of aryl methyl sites for hydroxylation is 1. The Morgan fingerprint density at radius 3 is 2.89 bits per heavy atom. The molecule has 1 saturated heterocycles.